The number of hydrogen-bond donors (Lipinski definition) is 1. The van der Waals surface area contributed by atoms with Gasteiger partial charge in [-0.1, -0.05) is 30.0 Å². The number of amides is 2. The fourth-order valence-electron chi connectivity index (χ4n) is 3.68. The van der Waals surface area contributed by atoms with Gasteiger partial charge in [0.25, 0.3) is 11.8 Å². The molecule has 1 atom stereocenters. The van der Waals surface area contributed by atoms with E-state index in [0.29, 0.717) is 35.2 Å². The van der Waals surface area contributed by atoms with Gasteiger partial charge in [0, 0.05) is 25.2 Å². The molecule has 0 radical (unpaired) electrons. The van der Waals surface area contributed by atoms with Crippen molar-refractivity contribution >= 4 is 23.6 Å². The highest BCUT2D eigenvalue weighted by Gasteiger charge is 2.31. The van der Waals surface area contributed by atoms with Crippen molar-refractivity contribution in [2.24, 2.45) is 5.73 Å². The van der Waals surface area contributed by atoms with E-state index in [-0.39, 0.29) is 11.8 Å². The van der Waals surface area contributed by atoms with E-state index in [9.17, 15) is 9.59 Å². The maximum absolute atomic E-state index is 12.9. The molecule has 2 amide bonds. The molecule has 0 aliphatic carbocycles. The zero-order valence-corrected chi connectivity index (χ0v) is 16.9. The van der Waals surface area contributed by atoms with Crippen LogP contribution >= 0.6 is 11.8 Å². The van der Waals surface area contributed by atoms with Crippen LogP contribution in [0.2, 0.25) is 0 Å². The largest absolute Gasteiger partial charge is 0.445 e. The topological polar surface area (TPSA) is 94.4 Å². The van der Waals surface area contributed by atoms with E-state index >= 15 is 0 Å². The molecule has 8 heteroatoms. The van der Waals surface area contributed by atoms with Crippen molar-refractivity contribution < 1.29 is 14.0 Å². The Morgan fingerprint density at radius 3 is 2.69 bits per heavy atom. The van der Waals surface area contributed by atoms with Crippen molar-refractivity contribution in [1.29, 1.82) is 0 Å². The number of furan rings is 1. The molecule has 7 nitrogen and oxygen atoms in total. The molecule has 1 unspecified atom stereocenters. The molecule has 3 aromatic rings. The lowest BCUT2D eigenvalue weighted by Gasteiger charge is -2.31. The number of benzene rings is 1. The molecule has 0 bridgehead atoms. The van der Waals surface area contributed by atoms with Crippen LogP contribution < -0.4 is 5.73 Å². The summed E-state index contributed by atoms with van der Waals surface area (Å²) in [6.07, 6.45) is 5.23. The van der Waals surface area contributed by atoms with E-state index in [0.717, 1.165) is 18.5 Å². The van der Waals surface area contributed by atoms with Crippen molar-refractivity contribution in [3.8, 4) is 5.69 Å². The second-order valence-electron chi connectivity index (χ2n) is 6.99. The Balaban J connectivity index is 1.60. The predicted molar refractivity (Wildman–Crippen MR) is 110 cm³/mol. The van der Waals surface area contributed by atoms with Gasteiger partial charge >= 0.3 is 0 Å². The monoisotopic (exact) mass is 410 g/mol. The molecule has 2 aromatic heterocycles. The summed E-state index contributed by atoms with van der Waals surface area (Å²) in [5.74, 6) is -0.380. The smallest absolute Gasteiger partial charge is 0.289 e. The van der Waals surface area contributed by atoms with Crippen LogP contribution in [-0.2, 0) is 0 Å². The predicted octanol–water partition coefficient (Wildman–Crippen LogP) is 3.31. The number of nitrogens with two attached hydrogens (primary N) is 1. The molecule has 150 valence electrons. The first kappa shape index (κ1) is 19.3. The summed E-state index contributed by atoms with van der Waals surface area (Å²) in [5.41, 5.74) is 7.52. The van der Waals surface area contributed by atoms with Gasteiger partial charge in [0.15, 0.2) is 10.9 Å². The van der Waals surface area contributed by atoms with E-state index in [1.807, 2.05) is 36.6 Å². The van der Waals surface area contributed by atoms with E-state index < -0.39 is 5.91 Å². The summed E-state index contributed by atoms with van der Waals surface area (Å²) >= 11 is 1.46. The second kappa shape index (κ2) is 8.16. The van der Waals surface area contributed by atoms with Gasteiger partial charge in [0.2, 0.25) is 0 Å². The number of rotatable bonds is 5. The van der Waals surface area contributed by atoms with Gasteiger partial charge in [-0.3, -0.25) is 9.59 Å². The molecular formula is C21H22N4O3S. The minimum absolute atomic E-state index is 0.0601. The molecule has 3 heterocycles. The molecule has 4 rings (SSSR count). The maximum atomic E-state index is 12.9. The number of primary amides is 1. The van der Waals surface area contributed by atoms with E-state index in [4.69, 9.17) is 10.2 Å². The fraction of sp³-hybridized carbons (Fsp3) is 0.286. The Morgan fingerprint density at radius 1 is 1.21 bits per heavy atom. The van der Waals surface area contributed by atoms with E-state index in [2.05, 4.69) is 5.10 Å². The zero-order valence-electron chi connectivity index (χ0n) is 16.1. The second-order valence-corrected chi connectivity index (χ2v) is 7.80. The number of carbonyl (C=O) groups excluding carboxylic acids is 2. The molecule has 29 heavy (non-hydrogen) atoms. The van der Waals surface area contributed by atoms with Gasteiger partial charge < -0.3 is 15.1 Å². The van der Waals surface area contributed by atoms with Crippen molar-refractivity contribution in [3.63, 3.8) is 0 Å². The molecule has 1 aliphatic heterocycles. The summed E-state index contributed by atoms with van der Waals surface area (Å²) in [5, 5.41) is 5.37. The average Bonchev–Trinajstić information content (AvgIpc) is 3.41. The first-order valence-electron chi connectivity index (χ1n) is 9.44. The number of likely N-dealkylation sites (tertiary alicyclic amines) is 1. The lowest BCUT2D eigenvalue weighted by molar-refractivity contribution is 0.0668. The maximum Gasteiger partial charge on any atom is 0.289 e. The molecule has 0 saturated carbocycles. The summed E-state index contributed by atoms with van der Waals surface area (Å²) in [4.78, 5) is 26.7. The van der Waals surface area contributed by atoms with Crippen LogP contribution in [0.15, 0.2) is 58.2 Å². The quantitative estimate of drug-likeness (QED) is 0.651. The summed E-state index contributed by atoms with van der Waals surface area (Å²) in [7, 11) is 0. The van der Waals surface area contributed by atoms with Gasteiger partial charge in [0.1, 0.15) is 0 Å². The fourth-order valence-corrected chi connectivity index (χ4v) is 4.05. The number of hydrogen-bond acceptors (Lipinski definition) is 5. The average molecular weight is 410 g/mol. The first-order valence-corrected chi connectivity index (χ1v) is 10.7. The minimum Gasteiger partial charge on any atom is -0.445 e. The van der Waals surface area contributed by atoms with Gasteiger partial charge in [-0.15, -0.1) is 0 Å². The molecule has 1 saturated heterocycles. The van der Waals surface area contributed by atoms with Gasteiger partial charge in [-0.2, -0.15) is 5.10 Å². The molecular weight excluding hydrogens is 388 g/mol. The van der Waals surface area contributed by atoms with Crippen molar-refractivity contribution in [1.82, 2.24) is 14.7 Å². The SMILES string of the molecule is CSc1ccc(C(=O)N2CCCC(c3nn(-c4ccccc4)cc3C(N)=O)C2)o1. The molecule has 2 N–H and O–H groups in total. The van der Waals surface area contributed by atoms with Crippen LogP contribution in [0.4, 0.5) is 0 Å². The van der Waals surface area contributed by atoms with Gasteiger partial charge in [0.05, 0.1) is 16.9 Å². The van der Waals surface area contributed by atoms with Crippen LogP contribution in [0.5, 0.6) is 0 Å². The van der Waals surface area contributed by atoms with Crippen LogP contribution in [0, 0.1) is 0 Å². The summed E-state index contributed by atoms with van der Waals surface area (Å²) in [6, 6.07) is 13.1. The molecule has 0 spiro atoms. The van der Waals surface area contributed by atoms with Crippen molar-refractivity contribution in [2.45, 2.75) is 23.9 Å². The summed E-state index contributed by atoms with van der Waals surface area (Å²) in [6.45, 7) is 1.12. The van der Waals surface area contributed by atoms with Gasteiger partial charge in [-0.25, -0.2) is 4.68 Å². The van der Waals surface area contributed by atoms with Crippen LogP contribution in [-0.4, -0.2) is 45.8 Å². The van der Waals surface area contributed by atoms with E-state index in [1.54, 1.807) is 27.9 Å². The minimum atomic E-state index is -0.513. The Labute approximate surface area is 172 Å². The Bertz CT molecular complexity index is 1030. The highest BCUT2D eigenvalue weighted by atomic mass is 32.2. The Hall–Kier alpha value is -3.00. The highest BCUT2D eigenvalue weighted by molar-refractivity contribution is 7.98. The van der Waals surface area contributed by atoms with Crippen LogP contribution in [0.1, 0.15) is 45.4 Å². The Kier molecular flexibility index (Phi) is 5.44. The zero-order chi connectivity index (χ0) is 20.4. The number of thioether (sulfide) groups is 1. The van der Waals surface area contributed by atoms with Crippen molar-refractivity contribution in [2.75, 3.05) is 19.3 Å². The number of piperidine rings is 1. The van der Waals surface area contributed by atoms with Crippen LogP contribution in [0.25, 0.3) is 5.69 Å². The number of nitrogens with zero attached hydrogens (tertiary/aromatic N) is 3. The molecule has 1 aromatic carbocycles. The number of para-hydroxylation sites is 1. The van der Waals surface area contributed by atoms with E-state index in [1.165, 1.54) is 11.8 Å². The lowest BCUT2D eigenvalue weighted by atomic mass is 9.92. The molecule has 1 aliphatic rings. The summed E-state index contributed by atoms with van der Waals surface area (Å²) < 4.78 is 7.26. The van der Waals surface area contributed by atoms with Gasteiger partial charge in [-0.05, 0) is 43.4 Å². The Morgan fingerprint density at radius 2 is 2.00 bits per heavy atom. The molecule has 1 fully saturated rings. The standard InChI is InChI=1S/C21H22N4O3S/c1-29-18-10-9-17(28-18)21(27)24-11-5-6-14(12-24)19-16(20(22)26)13-25(23-19)15-7-3-2-4-8-15/h2-4,7-10,13-14H,5-6,11-12H2,1H3,(H2,22,26). The normalized spacial score (nSPS) is 16.7. The number of aromatic nitrogens is 2. The highest BCUT2D eigenvalue weighted by Crippen LogP contribution is 2.30. The van der Waals surface area contributed by atoms with Crippen molar-refractivity contribution in [3.05, 3.63) is 65.7 Å². The third-order valence-electron chi connectivity index (χ3n) is 5.12. The third kappa shape index (κ3) is 3.93. The lowest BCUT2D eigenvalue weighted by Crippen LogP contribution is -2.39. The van der Waals surface area contributed by atoms with Crippen LogP contribution in [0.3, 0.4) is 0 Å². The number of carbonyl (C=O) groups is 2. The first-order chi connectivity index (χ1) is 14.1. The third-order valence-corrected chi connectivity index (χ3v) is 5.74.